The Labute approximate surface area is 50.7 Å². The Morgan fingerprint density at radius 3 is 2.25 bits per heavy atom. The van der Waals surface area contributed by atoms with Crippen molar-refractivity contribution in [3.05, 3.63) is 0 Å². The summed E-state index contributed by atoms with van der Waals surface area (Å²) < 4.78 is 13.4. The van der Waals surface area contributed by atoms with E-state index in [2.05, 4.69) is 4.72 Å². The third kappa shape index (κ3) is 6.07. The average molecular weight is 139 g/mol. The molecule has 0 aromatic carbocycles. The van der Waals surface area contributed by atoms with Gasteiger partial charge in [-0.15, -0.1) is 0 Å². The summed E-state index contributed by atoms with van der Waals surface area (Å²) in [5.41, 5.74) is 0. The number of thiol groups is 1. The summed E-state index contributed by atoms with van der Waals surface area (Å²) in [5, 5.41) is 8.25. The van der Waals surface area contributed by atoms with Crippen LogP contribution >= 0.6 is 0 Å². The summed E-state index contributed by atoms with van der Waals surface area (Å²) in [7, 11) is -2.09. The topological polar surface area (TPSA) is 49.3 Å². The van der Waals surface area contributed by atoms with E-state index in [0.29, 0.717) is 6.54 Å². The first kappa shape index (κ1) is 8.07. The molecule has 0 spiro atoms. The maximum Gasteiger partial charge on any atom is 0.0565 e. The van der Waals surface area contributed by atoms with Gasteiger partial charge in [0.25, 0.3) is 0 Å². The molecule has 0 aromatic rings. The number of aliphatic hydroxyl groups excluding tert-OH is 1. The standard InChI is InChI=1S/C4H13NO2S/c1-8(2,7)5-3-4-6/h6,8H,3-4H2,1-2H3,(H,5,7). The summed E-state index contributed by atoms with van der Waals surface area (Å²) in [5.74, 6) is 0. The van der Waals surface area contributed by atoms with E-state index in [1.54, 1.807) is 12.5 Å². The lowest BCUT2D eigenvalue weighted by atomic mass is 10.8. The maximum atomic E-state index is 10.8. The summed E-state index contributed by atoms with van der Waals surface area (Å²) in [6.45, 7) is 0.468. The third-order valence-electron chi connectivity index (χ3n) is 0.604. The Hall–Kier alpha value is 0.0700. The maximum absolute atomic E-state index is 10.8. The van der Waals surface area contributed by atoms with Gasteiger partial charge in [0.2, 0.25) is 0 Å². The Bertz CT molecular complexity index is 98.2. The fraction of sp³-hybridized carbons (Fsp3) is 1.00. The molecule has 0 unspecified atom stereocenters. The van der Waals surface area contributed by atoms with E-state index >= 15 is 0 Å². The number of aliphatic hydroxyl groups is 1. The predicted octanol–water partition coefficient (Wildman–Crippen LogP) is -1.24. The van der Waals surface area contributed by atoms with Gasteiger partial charge in [-0.25, -0.2) is 0 Å². The summed E-state index contributed by atoms with van der Waals surface area (Å²) in [6, 6.07) is 0. The van der Waals surface area contributed by atoms with Crippen LogP contribution in [0.1, 0.15) is 0 Å². The van der Waals surface area contributed by atoms with Gasteiger partial charge in [-0.3, -0.25) is 8.93 Å². The minimum absolute atomic E-state index is 0.0473. The van der Waals surface area contributed by atoms with Crippen molar-refractivity contribution < 1.29 is 9.32 Å². The zero-order valence-corrected chi connectivity index (χ0v) is 6.11. The molecule has 0 aliphatic rings. The van der Waals surface area contributed by atoms with Gasteiger partial charge < -0.3 is 5.11 Å². The van der Waals surface area contributed by atoms with Gasteiger partial charge in [-0.05, 0) is 0 Å². The minimum atomic E-state index is -2.09. The Kier molecular flexibility index (Phi) is 3.19. The lowest BCUT2D eigenvalue weighted by Crippen LogP contribution is -2.30. The van der Waals surface area contributed by atoms with Gasteiger partial charge in [0, 0.05) is 19.1 Å². The number of nitrogens with one attached hydrogen (secondary N) is 1. The van der Waals surface area contributed by atoms with Crippen molar-refractivity contribution in [2.45, 2.75) is 0 Å². The van der Waals surface area contributed by atoms with E-state index in [9.17, 15) is 4.21 Å². The highest BCUT2D eigenvalue weighted by atomic mass is 32.3. The largest absolute Gasteiger partial charge is 0.395 e. The molecule has 0 atom stereocenters. The van der Waals surface area contributed by atoms with Gasteiger partial charge in [0.1, 0.15) is 0 Å². The van der Waals surface area contributed by atoms with Crippen LogP contribution in [0.3, 0.4) is 0 Å². The van der Waals surface area contributed by atoms with E-state index in [1.165, 1.54) is 0 Å². The second-order valence-electron chi connectivity index (χ2n) is 1.98. The molecule has 0 heterocycles. The predicted molar refractivity (Wildman–Crippen MR) is 36.5 cm³/mol. The zero-order valence-electron chi connectivity index (χ0n) is 5.22. The van der Waals surface area contributed by atoms with E-state index < -0.39 is 10.1 Å². The number of hydrogen-bond donors (Lipinski definition) is 3. The summed E-state index contributed by atoms with van der Waals surface area (Å²) in [6.07, 6.45) is 3.26. The fourth-order valence-corrected chi connectivity index (χ4v) is 0.958. The van der Waals surface area contributed by atoms with E-state index in [1.807, 2.05) is 0 Å². The SMILES string of the molecule is C[SH](C)(=O)NCCO. The normalized spacial score (nSPS) is 13.9. The van der Waals surface area contributed by atoms with E-state index in [4.69, 9.17) is 5.11 Å². The molecule has 8 heavy (non-hydrogen) atoms. The first-order valence-electron chi connectivity index (χ1n) is 2.47. The highest BCUT2D eigenvalue weighted by Crippen LogP contribution is 1.80. The lowest BCUT2D eigenvalue weighted by molar-refractivity contribution is 0.301. The highest BCUT2D eigenvalue weighted by Gasteiger charge is 1.94. The Balaban J connectivity index is 3.26. The van der Waals surface area contributed by atoms with E-state index in [0.717, 1.165) is 0 Å². The first-order valence-corrected chi connectivity index (χ1v) is 5.07. The van der Waals surface area contributed by atoms with Crippen LogP contribution in [0.15, 0.2) is 0 Å². The highest BCUT2D eigenvalue weighted by molar-refractivity contribution is 7.99. The second kappa shape index (κ2) is 3.17. The molecule has 52 valence electrons. The van der Waals surface area contributed by atoms with Crippen molar-refractivity contribution >= 4 is 10.1 Å². The van der Waals surface area contributed by atoms with Gasteiger partial charge in [-0.1, -0.05) is 10.1 Å². The van der Waals surface area contributed by atoms with Crippen molar-refractivity contribution in [3.8, 4) is 0 Å². The van der Waals surface area contributed by atoms with Crippen molar-refractivity contribution in [2.24, 2.45) is 0 Å². The van der Waals surface area contributed by atoms with Gasteiger partial charge in [0.05, 0.1) is 6.61 Å². The van der Waals surface area contributed by atoms with Crippen LogP contribution in [-0.4, -0.2) is 35.0 Å². The molecule has 0 aliphatic heterocycles. The third-order valence-corrected chi connectivity index (χ3v) is 1.59. The van der Waals surface area contributed by atoms with Crippen LogP contribution in [0.2, 0.25) is 0 Å². The quantitative estimate of drug-likeness (QED) is 0.428. The van der Waals surface area contributed by atoms with Crippen LogP contribution < -0.4 is 4.72 Å². The zero-order chi connectivity index (χ0) is 6.62. The molecule has 0 aromatic heterocycles. The van der Waals surface area contributed by atoms with Gasteiger partial charge in [-0.2, -0.15) is 0 Å². The molecule has 0 saturated heterocycles. The molecular weight excluding hydrogens is 126 g/mol. The van der Waals surface area contributed by atoms with Crippen molar-refractivity contribution in [3.63, 3.8) is 0 Å². The van der Waals surface area contributed by atoms with Crippen LogP contribution in [0.4, 0.5) is 0 Å². The second-order valence-corrected chi connectivity index (χ2v) is 5.00. The van der Waals surface area contributed by atoms with Crippen LogP contribution in [0.25, 0.3) is 0 Å². The lowest BCUT2D eigenvalue weighted by Gasteiger charge is -2.11. The molecule has 0 rings (SSSR count). The van der Waals surface area contributed by atoms with E-state index in [-0.39, 0.29) is 6.61 Å². The summed E-state index contributed by atoms with van der Waals surface area (Å²) >= 11 is 0. The summed E-state index contributed by atoms with van der Waals surface area (Å²) in [4.78, 5) is 0. The molecular formula is C4H13NO2S. The molecule has 2 N–H and O–H groups in total. The fourth-order valence-electron chi connectivity index (χ4n) is 0.319. The van der Waals surface area contributed by atoms with Gasteiger partial charge >= 0.3 is 0 Å². The Morgan fingerprint density at radius 2 is 2.12 bits per heavy atom. The number of rotatable bonds is 3. The minimum Gasteiger partial charge on any atom is -0.395 e. The molecule has 3 nitrogen and oxygen atoms in total. The van der Waals surface area contributed by atoms with Crippen molar-refractivity contribution in [2.75, 3.05) is 25.7 Å². The monoisotopic (exact) mass is 139 g/mol. The van der Waals surface area contributed by atoms with Crippen LogP contribution in [-0.2, 0) is 10.1 Å². The van der Waals surface area contributed by atoms with Crippen molar-refractivity contribution in [1.29, 1.82) is 0 Å². The molecule has 0 aliphatic carbocycles. The Morgan fingerprint density at radius 1 is 1.62 bits per heavy atom. The molecule has 0 radical (unpaired) electrons. The first-order chi connectivity index (χ1) is 3.56. The molecule has 0 fully saturated rings. The molecule has 0 saturated carbocycles. The van der Waals surface area contributed by atoms with Crippen LogP contribution in [0.5, 0.6) is 0 Å². The molecule has 0 amide bonds. The average Bonchev–Trinajstić information content (AvgIpc) is 1.59. The molecule has 4 heteroatoms. The van der Waals surface area contributed by atoms with Crippen LogP contribution in [0, 0.1) is 0 Å². The van der Waals surface area contributed by atoms with Crippen molar-refractivity contribution in [1.82, 2.24) is 4.72 Å². The number of hydrogen-bond acceptors (Lipinski definition) is 2. The van der Waals surface area contributed by atoms with Gasteiger partial charge in [0.15, 0.2) is 0 Å². The molecule has 0 bridgehead atoms. The smallest absolute Gasteiger partial charge is 0.0565 e.